The summed E-state index contributed by atoms with van der Waals surface area (Å²) in [5.74, 6) is 0.127. The van der Waals surface area contributed by atoms with E-state index in [2.05, 4.69) is 19.1 Å². The van der Waals surface area contributed by atoms with Gasteiger partial charge in [0.25, 0.3) is 0 Å². The van der Waals surface area contributed by atoms with Gasteiger partial charge in [-0.15, -0.1) is 0 Å². The number of rotatable bonds is 7. The number of primary amides is 1. The summed E-state index contributed by atoms with van der Waals surface area (Å²) in [6.07, 6.45) is 6.71. The van der Waals surface area contributed by atoms with Crippen molar-refractivity contribution in [2.24, 2.45) is 11.7 Å². The minimum absolute atomic E-state index is 0.0598. The van der Waals surface area contributed by atoms with Crippen LogP contribution in [0.15, 0.2) is 36.4 Å². The number of nitrogens with two attached hydrogens (primary N) is 1. The van der Waals surface area contributed by atoms with E-state index in [-0.39, 0.29) is 11.8 Å². The second-order valence-electron chi connectivity index (χ2n) is 5.85. The monoisotopic (exact) mass is 300 g/mol. The average molecular weight is 300 g/mol. The highest BCUT2D eigenvalue weighted by Gasteiger charge is 2.21. The third-order valence-electron chi connectivity index (χ3n) is 4.19. The number of carbonyl (C=O) groups excluding carboxylic acids is 2. The van der Waals surface area contributed by atoms with Crippen LogP contribution in [0, 0.1) is 5.92 Å². The molecule has 1 aromatic rings. The van der Waals surface area contributed by atoms with Crippen molar-refractivity contribution in [2.45, 2.75) is 45.7 Å². The van der Waals surface area contributed by atoms with Crippen LogP contribution in [0.25, 0.3) is 0 Å². The quantitative estimate of drug-likeness (QED) is 0.787. The summed E-state index contributed by atoms with van der Waals surface area (Å²) in [6.45, 7) is 3.48. The van der Waals surface area contributed by atoms with Gasteiger partial charge in [0.15, 0.2) is 0 Å². The molecule has 0 aromatic heterocycles. The Morgan fingerprint density at radius 1 is 1.27 bits per heavy atom. The van der Waals surface area contributed by atoms with Crippen molar-refractivity contribution in [3.05, 3.63) is 47.5 Å². The molecule has 118 valence electrons. The maximum absolute atomic E-state index is 12.3. The summed E-state index contributed by atoms with van der Waals surface area (Å²) in [7, 11) is 0. The summed E-state index contributed by atoms with van der Waals surface area (Å²) in [4.78, 5) is 24.9. The van der Waals surface area contributed by atoms with Gasteiger partial charge in [0, 0.05) is 19.5 Å². The zero-order chi connectivity index (χ0) is 15.9. The van der Waals surface area contributed by atoms with Crippen molar-refractivity contribution < 1.29 is 9.59 Å². The van der Waals surface area contributed by atoms with Crippen molar-refractivity contribution >= 4 is 11.8 Å². The number of carbonyl (C=O) groups is 2. The van der Waals surface area contributed by atoms with Gasteiger partial charge in [-0.3, -0.25) is 9.59 Å². The van der Waals surface area contributed by atoms with Crippen molar-refractivity contribution in [3.63, 3.8) is 0 Å². The molecule has 1 aliphatic heterocycles. The molecular weight excluding hydrogens is 276 g/mol. The molecule has 1 aromatic carbocycles. The Morgan fingerprint density at radius 3 is 2.45 bits per heavy atom. The molecule has 0 spiro atoms. The highest BCUT2D eigenvalue weighted by atomic mass is 16.2. The van der Waals surface area contributed by atoms with Crippen molar-refractivity contribution in [3.8, 4) is 0 Å². The SMILES string of the molecule is CC[C@H](C=CC(=O)N1Cc2ccccc2C1)CCCC(N)=O. The van der Waals surface area contributed by atoms with E-state index in [9.17, 15) is 9.59 Å². The van der Waals surface area contributed by atoms with Crippen LogP contribution in [0.5, 0.6) is 0 Å². The van der Waals surface area contributed by atoms with Gasteiger partial charge >= 0.3 is 0 Å². The first-order chi connectivity index (χ1) is 10.6. The predicted molar refractivity (Wildman–Crippen MR) is 86.7 cm³/mol. The second kappa shape index (κ2) is 7.78. The molecule has 1 heterocycles. The van der Waals surface area contributed by atoms with E-state index in [1.807, 2.05) is 23.1 Å². The zero-order valence-corrected chi connectivity index (χ0v) is 13.1. The lowest BCUT2D eigenvalue weighted by atomic mass is 9.98. The van der Waals surface area contributed by atoms with E-state index >= 15 is 0 Å². The lowest BCUT2D eigenvalue weighted by Crippen LogP contribution is -2.23. The molecule has 22 heavy (non-hydrogen) atoms. The van der Waals surface area contributed by atoms with Gasteiger partial charge in [-0.25, -0.2) is 0 Å². The standard InChI is InChI=1S/C18H24N2O2/c1-2-14(6-5-9-17(19)21)10-11-18(22)20-12-15-7-3-4-8-16(15)13-20/h3-4,7-8,10-11,14H,2,5-6,9,12-13H2,1H3,(H2,19,21)/t14-/m0/s1. The number of allylic oxidation sites excluding steroid dienone is 1. The first kappa shape index (κ1) is 16.3. The lowest BCUT2D eigenvalue weighted by molar-refractivity contribution is -0.126. The molecule has 1 atom stereocenters. The fourth-order valence-electron chi connectivity index (χ4n) is 2.79. The van der Waals surface area contributed by atoms with Crippen LogP contribution in [0.4, 0.5) is 0 Å². The van der Waals surface area contributed by atoms with Crippen molar-refractivity contribution in [1.29, 1.82) is 0 Å². The summed E-state index contributed by atoms with van der Waals surface area (Å²) < 4.78 is 0. The number of fused-ring (bicyclic) bond motifs is 1. The molecular formula is C18H24N2O2. The highest BCUT2D eigenvalue weighted by molar-refractivity contribution is 5.88. The Kier molecular flexibility index (Phi) is 5.75. The number of amides is 2. The van der Waals surface area contributed by atoms with Gasteiger partial charge in [-0.05, 0) is 42.4 Å². The Morgan fingerprint density at radius 2 is 1.91 bits per heavy atom. The van der Waals surface area contributed by atoms with E-state index in [4.69, 9.17) is 5.73 Å². The van der Waals surface area contributed by atoms with Crippen LogP contribution < -0.4 is 5.73 Å². The van der Waals surface area contributed by atoms with Crippen LogP contribution in [0.2, 0.25) is 0 Å². The number of benzene rings is 1. The fraction of sp³-hybridized carbons (Fsp3) is 0.444. The minimum atomic E-state index is -0.259. The van der Waals surface area contributed by atoms with Crippen LogP contribution in [0.1, 0.15) is 43.7 Å². The molecule has 2 N–H and O–H groups in total. The van der Waals surface area contributed by atoms with E-state index in [0.717, 1.165) is 19.3 Å². The Bertz CT molecular complexity index is 541. The first-order valence-electron chi connectivity index (χ1n) is 7.92. The molecule has 0 fully saturated rings. The van der Waals surface area contributed by atoms with Crippen LogP contribution in [0.3, 0.4) is 0 Å². The van der Waals surface area contributed by atoms with Crippen LogP contribution in [-0.4, -0.2) is 16.7 Å². The number of nitrogens with zero attached hydrogens (tertiary/aromatic N) is 1. The van der Waals surface area contributed by atoms with Gasteiger partial charge < -0.3 is 10.6 Å². The molecule has 0 saturated carbocycles. The van der Waals surface area contributed by atoms with Gasteiger partial charge in [0.05, 0.1) is 0 Å². The van der Waals surface area contributed by atoms with Crippen LogP contribution in [-0.2, 0) is 22.7 Å². The molecule has 0 unspecified atom stereocenters. The second-order valence-corrected chi connectivity index (χ2v) is 5.85. The minimum Gasteiger partial charge on any atom is -0.370 e. The maximum Gasteiger partial charge on any atom is 0.246 e. The molecule has 1 aliphatic rings. The Labute approximate surface area is 132 Å². The van der Waals surface area contributed by atoms with E-state index in [1.54, 1.807) is 6.08 Å². The van der Waals surface area contributed by atoms with Gasteiger partial charge in [-0.2, -0.15) is 0 Å². The lowest BCUT2D eigenvalue weighted by Gasteiger charge is -2.14. The molecule has 4 nitrogen and oxygen atoms in total. The van der Waals surface area contributed by atoms with Crippen LogP contribution >= 0.6 is 0 Å². The van der Waals surface area contributed by atoms with Gasteiger partial charge in [-0.1, -0.05) is 37.3 Å². The topological polar surface area (TPSA) is 63.4 Å². The molecule has 0 radical (unpaired) electrons. The van der Waals surface area contributed by atoms with Gasteiger partial charge in [0.1, 0.15) is 0 Å². The molecule has 0 aliphatic carbocycles. The molecule has 2 rings (SSSR count). The molecule has 0 bridgehead atoms. The van der Waals surface area contributed by atoms with Gasteiger partial charge in [0.2, 0.25) is 11.8 Å². The molecule has 0 saturated heterocycles. The predicted octanol–water partition coefficient (Wildman–Crippen LogP) is 2.77. The largest absolute Gasteiger partial charge is 0.370 e. The third-order valence-corrected chi connectivity index (χ3v) is 4.19. The third kappa shape index (κ3) is 4.45. The van der Waals surface area contributed by atoms with E-state index in [0.29, 0.717) is 25.4 Å². The molecule has 2 amide bonds. The summed E-state index contributed by atoms with van der Waals surface area (Å²) >= 11 is 0. The number of hydrogen-bond donors (Lipinski definition) is 1. The highest BCUT2D eigenvalue weighted by Crippen LogP contribution is 2.22. The van der Waals surface area contributed by atoms with Crippen molar-refractivity contribution in [2.75, 3.05) is 0 Å². The zero-order valence-electron chi connectivity index (χ0n) is 13.1. The average Bonchev–Trinajstić information content (AvgIpc) is 2.94. The summed E-state index contributed by atoms with van der Waals surface area (Å²) in [5.41, 5.74) is 7.62. The molecule has 4 heteroatoms. The van der Waals surface area contributed by atoms with E-state index in [1.165, 1.54) is 11.1 Å². The maximum atomic E-state index is 12.3. The number of hydrogen-bond acceptors (Lipinski definition) is 2. The van der Waals surface area contributed by atoms with E-state index < -0.39 is 0 Å². The summed E-state index contributed by atoms with van der Waals surface area (Å²) in [5, 5.41) is 0. The van der Waals surface area contributed by atoms with Crippen molar-refractivity contribution in [1.82, 2.24) is 4.90 Å². The smallest absolute Gasteiger partial charge is 0.246 e. The Balaban J connectivity index is 1.84. The first-order valence-corrected chi connectivity index (χ1v) is 7.92. The normalized spacial score (nSPS) is 15.0. The fourth-order valence-corrected chi connectivity index (χ4v) is 2.79. The Hall–Kier alpha value is -2.10. The summed E-state index contributed by atoms with van der Waals surface area (Å²) in [6, 6.07) is 8.17.